The molecular formula is C17H17BrFN3O2. The van der Waals surface area contributed by atoms with E-state index in [9.17, 15) is 14.0 Å². The third kappa shape index (κ3) is 5.66. The Labute approximate surface area is 147 Å². The van der Waals surface area contributed by atoms with Crippen LogP contribution in [0.3, 0.4) is 0 Å². The van der Waals surface area contributed by atoms with Crippen molar-refractivity contribution in [3.63, 3.8) is 0 Å². The van der Waals surface area contributed by atoms with E-state index < -0.39 is 11.9 Å². The first-order valence-corrected chi connectivity index (χ1v) is 8.08. The van der Waals surface area contributed by atoms with Gasteiger partial charge in [-0.15, -0.1) is 0 Å². The summed E-state index contributed by atoms with van der Waals surface area (Å²) in [6.45, 7) is 1.84. The number of hydrogen-bond donors (Lipinski definition) is 3. The first-order chi connectivity index (χ1) is 11.4. The van der Waals surface area contributed by atoms with Gasteiger partial charge in [0.1, 0.15) is 5.82 Å². The molecule has 0 bridgehead atoms. The highest BCUT2D eigenvalue weighted by Gasteiger charge is 2.10. The van der Waals surface area contributed by atoms with Crippen molar-refractivity contribution >= 4 is 27.9 Å². The van der Waals surface area contributed by atoms with Crippen LogP contribution < -0.4 is 16.2 Å². The predicted octanol–water partition coefficient (Wildman–Crippen LogP) is 3.22. The summed E-state index contributed by atoms with van der Waals surface area (Å²) in [5.41, 5.74) is 6.18. The molecule has 0 spiro atoms. The van der Waals surface area contributed by atoms with Gasteiger partial charge in [0, 0.05) is 4.47 Å². The van der Waals surface area contributed by atoms with E-state index in [4.69, 9.17) is 0 Å². The molecule has 3 amide bonds. The highest BCUT2D eigenvalue weighted by atomic mass is 79.9. The zero-order valence-electron chi connectivity index (χ0n) is 13.0. The third-order valence-corrected chi connectivity index (χ3v) is 3.78. The van der Waals surface area contributed by atoms with Crippen LogP contribution in [-0.4, -0.2) is 11.9 Å². The van der Waals surface area contributed by atoms with Crippen LogP contribution in [0, 0.1) is 5.82 Å². The Morgan fingerprint density at radius 1 is 1.12 bits per heavy atom. The molecule has 0 heterocycles. The lowest BCUT2D eigenvalue weighted by Gasteiger charge is -2.15. The number of nitrogens with one attached hydrogen (secondary N) is 3. The Kier molecular flexibility index (Phi) is 6.31. The lowest BCUT2D eigenvalue weighted by atomic mass is 10.1. The molecule has 0 radical (unpaired) electrons. The molecule has 7 heteroatoms. The van der Waals surface area contributed by atoms with Crippen LogP contribution in [0.1, 0.15) is 24.1 Å². The van der Waals surface area contributed by atoms with Crippen LogP contribution >= 0.6 is 15.9 Å². The van der Waals surface area contributed by atoms with Crippen molar-refractivity contribution in [1.29, 1.82) is 0 Å². The molecule has 0 fully saturated rings. The van der Waals surface area contributed by atoms with Crippen molar-refractivity contribution in [2.24, 2.45) is 0 Å². The molecule has 0 aromatic heterocycles. The van der Waals surface area contributed by atoms with E-state index in [1.807, 2.05) is 31.2 Å². The summed E-state index contributed by atoms with van der Waals surface area (Å²) in [6.07, 6.45) is 0.0434. The molecular weight excluding hydrogens is 377 g/mol. The summed E-state index contributed by atoms with van der Waals surface area (Å²) >= 11 is 3.37. The number of carbonyl (C=O) groups excluding carboxylic acids is 2. The van der Waals surface area contributed by atoms with Gasteiger partial charge >= 0.3 is 6.03 Å². The monoisotopic (exact) mass is 393 g/mol. The summed E-state index contributed by atoms with van der Waals surface area (Å²) in [6, 6.07) is 12.4. The molecule has 0 saturated heterocycles. The van der Waals surface area contributed by atoms with E-state index in [0.717, 1.165) is 10.0 Å². The predicted molar refractivity (Wildman–Crippen MR) is 92.5 cm³/mol. The van der Waals surface area contributed by atoms with Crippen LogP contribution in [0.25, 0.3) is 0 Å². The summed E-state index contributed by atoms with van der Waals surface area (Å²) in [4.78, 5) is 23.6. The van der Waals surface area contributed by atoms with Gasteiger partial charge in [-0.2, -0.15) is 0 Å². The van der Waals surface area contributed by atoms with E-state index in [-0.39, 0.29) is 18.3 Å². The molecule has 126 valence electrons. The van der Waals surface area contributed by atoms with Gasteiger partial charge in [0.2, 0.25) is 5.91 Å². The molecule has 0 aliphatic rings. The average Bonchev–Trinajstić information content (AvgIpc) is 2.55. The molecule has 2 aromatic carbocycles. The lowest BCUT2D eigenvalue weighted by molar-refractivity contribution is -0.121. The zero-order valence-corrected chi connectivity index (χ0v) is 14.6. The Morgan fingerprint density at radius 3 is 2.50 bits per heavy atom. The Balaban J connectivity index is 1.78. The van der Waals surface area contributed by atoms with Crippen LogP contribution in [0.4, 0.5) is 9.18 Å². The van der Waals surface area contributed by atoms with E-state index >= 15 is 0 Å². The van der Waals surface area contributed by atoms with Gasteiger partial charge in [0.15, 0.2) is 0 Å². The largest absolute Gasteiger partial charge is 0.333 e. The van der Waals surface area contributed by atoms with Crippen LogP contribution in [0.2, 0.25) is 0 Å². The van der Waals surface area contributed by atoms with Crippen molar-refractivity contribution in [3.8, 4) is 0 Å². The number of benzene rings is 2. The fraction of sp³-hybridized carbons (Fsp3) is 0.176. The third-order valence-electron chi connectivity index (χ3n) is 3.29. The van der Waals surface area contributed by atoms with Crippen molar-refractivity contribution in [3.05, 3.63) is 69.9 Å². The van der Waals surface area contributed by atoms with E-state index in [1.54, 1.807) is 0 Å². The second-order valence-corrected chi connectivity index (χ2v) is 6.14. The van der Waals surface area contributed by atoms with Gasteiger partial charge in [-0.1, -0.05) is 40.2 Å². The normalized spacial score (nSPS) is 11.5. The van der Waals surface area contributed by atoms with Crippen LogP contribution in [-0.2, 0) is 11.2 Å². The first kappa shape index (κ1) is 17.9. The van der Waals surface area contributed by atoms with Gasteiger partial charge in [0.05, 0.1) is 12.5 Å². The summed E-state index contributed by atoms with van der Waals surface area (Å²) < 4.78 is 13.7. The van der Waals surface area contributed by atoms with E-state index in [2.05, 4.69) is 32.1 Å². The number of hydrogen-bond acceptors (Lipinski definition) is 2. The van der Waals surface area contributed by atoms with Gasteiger partial charge in [-0.3, -0.25) is 10.2 Å². The van der Waals surface area contributed by atoms with E-state index in [1.165, 1.54) is 24.3 Å². The minimum atomic E-state index is -0.519. The zero-order chi connectivity index (χ0) is 17.5. The summed E-state index contributed by atoms with van der Waals surface area (Å²) in [5.74, 6) is -0.759. The van der Waals surface area contributed by atoms with E-state index in [0.29, 0.717) is 5.56 Å². The number of carbonyl (C=O) groups is 2. The second-order valence-electron chi connectivity index (χ2n) is 5.23. The quantitative estimate of drug-likeness (QED) is 0.697. The number of amides is 3. The molecule has 1 atom stereocenters. The Morgan fingerprint density at radius 2 is 1.83 bits per heavy atom. The fourth-order valence-corrected chi connectivity index (χ4v) is 2.47. The molecule has 2 aromatic rings. The first-order valence-electron chi connectivity index (χ1n) is 7.29. The van der Waals surface area contributed by atoms with Crippen LogP contribution in [0.15, 0.2) is 53.0 Å². The van der Waals surface area contributed by atoms with Crippen molar-refractivity contribution < 1.29 is 14.0 Å². The maximum atomic E-state index is 12.8. The van der Waals surface area contributed by atoms with Gasteiger partial charge in [0.25, 0.3) is 0 Å². The average molecular weight is 394 g/mol. The second kappa shape index (κ2) is 8.44. The lowest BCUT2D eigenvalue weighted by Crippen LogP contribution is -2.47. The maximum Gasteiger partial charge on any atom is 0.333 e. The highest BCUT2D eigenvalue weighted by Crippen LogP contribution is 2.17. The van der Waals surface area contributed by atoms with Crippen LogP contribution in [0.5, 0.6) is 0 Å². The number of hydrazine groups is 1. The Bertz CT molecular complexity index is 722. The minimum absolute atomic E-state index is 0.0434. The SMILES string of the molecule is CC(NC(=O)NNC(=O)Cc1ccc(F)cc1)c1cccc(Br)c1. The van der Waals surface area contributed by atoms with Gasteiger partial charge in [-0.25, -0.2) is 14.6 Å². The molecule has 24 heavy (non-hydrogen) atoms. The van der Waals surface area contributed by atoms with Crippen molar-refractivity contribution in [2.75, 3.05) is 0 Å². The number of urea groups is 1. The van der Waals surface area contributed by atoms with Gasteiger partial charge in [-0.05, 0) is 42.3 Å². The molecule has 2 rings (SSSR count). The Hall–Kier alpha value is -2.41. The topological polar surface area (TPSA) is 70.2 Å². The van der Waals surface area contributed by atoms with Gasteiger partial charge < -0.3 is 5.32 Å². The summed E-state index contributed by atoms with van der Waals surface area (Å²) in [5, 5.41) is 2.71. The number of rotatable bonds is 4. The van der Waals surface area contributed by atoms with Crippen molar-refractivity contribution in [2.45, 2.75) is 19.4 Å². The van der Waals surface area contributed by atoms with Crippen molar-refractivity contribution in [1.82, 2.24) is 16.2 Å². The molecule has 0 saturated carbocycles. The minimum Gasteiger partial charge on any atom is -0.330 e. The maximum absolute atomic E-state index is 12.8. The molecule has 5 nitrogen and oxygen atoms in total. The number of halogens is 2. The molecule has 1 unspecified atom stereocenters. The summed E-state index contributed by atoms with van der Waals surface area (Å²) in [7, 11) is 0. The standard InChI is InChI=1S/C17H17BrFN3O2/c1-11(13-3-2-4-14(18)10-13)20-17(24)22-21-16(23)9-12-5-7-15(19)8-6-12/h2-8,10-11H,9H2,1H3,(H,21,23)(H2,20,22,24). The highest BCUT2D eigenvalue weighted by molar-refractivity contribution is 9.10. The molecule has 0 aliphatic heterocycles. The smallest absolute Gasteiger partial charge is 0.330 e. The molecule has 0 aliphatic carbocycles. The molecule has 3 N–H and O–H groups in total. The fourth-order valence-electron chi connectivity index (χ4n) is 2.05.